The van der Waals surface area contributed by atoms with Crippen molar-refractivity contribution in [2.24, 2.45) is 0 Å². The van der Waals surface area contributed by atoms with Crippen molar-refractivity contribution in [3.63, 3.8) is 0 Å². The lowest BCUT2D eigenvalue weighted by Crippen LogP contribution is -2.24. The van der Waals surface area contributed by atoms with Gasteiger partial charge in [0.25, 0.3) is 0 Å². The lowest BCUT2D eigenvalue weighted by molar-refractivity contribution is 0.367. The van der Waals surface area contributed by atoms with Crippen LogP contribution in [0.25, 0.3) is 0 Å². The Morgan fingerprint density at radius 3 is 2.56 bits per heavy atom. The zero-order chi connectivity index (χ0) is 18.3. The Morgan fingerprint density at radius 2 is 1.88 bits per heavy atom. The van der Waals surface area contributed by atoms with Crippen LogP contribution in [0.4, 0.5) is 4.39 Å². The van der Waals surface area contributed by atoms with E-state index in [1.807, 2.05) is 31.2 Å². The molecule has 0 aliphatic carbocycles. The summed E-state index contributed by atoms with van der Waals surface area (Å²) in [4.78, 5) is -0.191. The molecule has 132 valence electrons. The molecular formula is C18H18FNO4S. The molecule has 0 unspecified atom stereocenters. The van der Waals surface area contributed by atoms with E-state index in [9.17, 15) is 12.8 Å². The summed E-state index contributed by atoms with van der Waals surface area (Å²) >= 11 is 0. The van der Waals surface area contributed by atoms with Crippen molar-refractivity contribution >= 4 is 10.0 Å². The van der Waals surface area contributed by atoms with Gasteiger partial charge in [-0.2, -0.15) is 4.72 Å². The van der Waals surface area contributed by atoms with Crippen LogP contribution < -0.4 is 14.2 Å². The molecule has 0 fully saturated rings. The number of para-hydroxylation sites is 1. The summed E-state index contributed by atoms with van der Waals surface area (Å²) in [6.07, 6.45) is 0. The summed E-state index contributed by atoms with van der Waals surface area (Å²) in [6, 6.07) is 10.9. The van der Waals surface area contributed by atoms with E-state index in [2.05, 4.69) is 16.6 Å². The molecule has 0 bridgehead atoms. The van der Waals surface area contributed by atoms with Crippen LogP contribution in [0.5, 0.6) is 11.5 Å². The van der Waals surface area contributed by atoms with Crippen molar-refractivity contribution in [2.75, 3.05) is 20.3 Å². The zero-order valence-electron chi connectivity index (χ0n) is 13.9. The number of aryl methyl sites for hydroxylation is 1. The summed E-state index contributed by atoms with van der Waals surface area (Å²) < 4.78 is 50.3. The van der Waals surface area contributed by atoms with Crippen LogP contribution in [0.15, 0.2) is 47.4 Å². The van der Waals surface area contributed by atoms with Crippen molar-refractivity contribution in [3.05, 3.63) is 53.8 Å². The minimum absolute atomic E-state index is 0.0212. The predicted octanol–water partition coefficient (Wildman–Crippen LogP) is 2.50. The first kappa shape index (κ1) is 18.8. The standard InChI is InChI=1S/C18H18FNO4S/c1-14-7-3-4-8-17(14)24-12-6-5-11-20-25(21,22)15-9-10-18(23-2)16(19)13-15/h3-4,7-10,13,20H,11-12H2,1-2H3. The summed E-state index contributed by atoms with van der Waals surface area (Å²) in [5.41, 5.74) is 0.992. The van der Waals surface area contributed by atoms with E-state index in [1.54, 1.807) is 0 Å². The van der Waals surface area contributed by atoms with Gasteiger partial charge in [0, 0.05) is 0 Å². The van der Waals surface area contributed by atoms with E-state index in [0.717, 1.165) is 17.4 Å². The van der Waals surface area contributed by atoms with E-state index in [4.69, 9.17) is 9.47 Å². The molecule has 2 rings (SSSR count). The molecule has 2 aromatic rings. The fourth-order valence-corrected chi connectivity index (χ4v) is 2.91. The molecule has 0 aliphatic heterocycles. The second-order valence-electron chi connectivity index (χ2n) is 5.03. The van der Waals surface area contributed by atoms with Gasteiger partial charge in [0.1, 0.15) is 12.4 Å². The Morgan fingerprint density at radius 1 is 1.12 bits per heavy atom. The fourth-order valence-electron chi connectivity index (χ4n) is 1.97. The molecule has 0 aliphatic rings. The van der Waals surface area contributed by atoms with Crippen molar-refractivity contribution < 1.29 is 22.3 Å². The van der Waals surface area contributed by atoms with Crippen LogP contribution in [0.1, 0.15) is 5.56 Å². The number of sulfonamides is 1. The third-order valence-corrected chi connectivity index (χ3v) is 4.70. The van der Waals surface area contributed by atoms with Gasteiger partial charge in [-0.05, 0) is 36.8 Å². The average molecular weight is 363 g/mol. The smallest absolute Gasteiger partial charge is 0.241 e. The molecule has 25 heavy (non-hydrogen) atoms. The molecule has 0 spiro atoms. The van der Waals surface area contributed by atoms with Crippen LogP contribution in [0, 0.1) is 24.6 Å². The van der Waals surface area contributed by atoms with Gasteiger partial charge in [-0.1, -0.05) is 30.0 Å². The number of ether oxygens (including phenoxy) is 2. The summed E-state index contributed by atoms with van der Waals surface area (Å²) in [7, 11) is -2.54. The Hall–Kier alpha value is -2.56. The molecule has 1 N–H and O–H groups in total. The highest BCUT2D eigenvalue weighted by Gasteiger charge is 2.15. The molecule has 0 radical (unpaired) electrons. The van der Waals surface area contributed by atoms with Gasteiger partial charge in [0.2, 0.25) is 10.0 Å². The number of hydrogen-bond acceptors (Lipinski definition) is 4. The lowest BCUT2D eigenvalue weighted by Gasteiger charge is -2.06. The number of benzene rings is 2. The molecule has 0 amide bonds. The van der Waals surface area contributed by atoms with E-state index < -0.39 is 15.8 Å². The van der Waals surface area contributed by atoms with Gasteiger partial charge in [-0.25, -0.2) is 12.8 Å². The normalized spacial score (nSPS) is 10.7. The van der Waals surface area contributed by atoms with E-state index in [0.29, 0.717) is 0 Å². The first-order valence-corrected chi connectivity index (χ1v) is 8.89. The molecule has 0 aromatic heterocycles. The molecule has 0 heterocycles. The third kappa shape index (κ3) is 5.21. The number of methoxy groups -OCH3 is 1. The number of nitrogens with one attached hydrogen (secondary N) is 1. The van der Waals surface area contributed by atoms with E-state index >= 15 is 0 Å². The molecular weight excluding hydrogens is 345 g/mol. The molecule has 0 saturated heterocycles. The largest absolute Gasteiger partial charge is 0.494 e. The highest BCUT2D eigenvalue weighted by atomic mass is 32.2. The van der Waals surface area contributed by atoms with Crippen LogP contribution in [-0.4, -0.2) is 28.7 Å². The van der Waals surface area contributed by atoms with Gasteiger partial charge in [0.15, 0.2) is 11.6 Å². The monoisotopic (exact) mass is 363 g/mol. The van der Waals surface area contributed by atoms with Crippen LogP contribution in [-0.2, 0) is 10.0 Å². The number of rotatable bonds is 6. The maximum absolute atomic E-state index is 13.6. The second-order valence-corrected chi connectivity index (χ2v) is 6.80. The Kier molecular flexibility index (Phi) is 6.39. The van der Waals surface area contributed by atoms with Crippen molar-refractivity contribution in [2.45, 2.75) is 11.8 Å². The number of hydrogen-bond donors (Lipinski definition) is 1. The topological polar surface area (TPSA) is 64.6 Å². The van der Waals surface area contributed by atoms with Crippen LogP contribution in [0.2, 0.25) is 0 Å². The fraction of sp³-hybridized carbons (Fsp3) is 0.222. The van der Waals surface area contributed by atoms with Crippen molar-refractivity contribution in [3.8, 4) is 23.3 Å². The third-order valence-electron chi connectivity index (χ3n) is 3.30. The van der Waals surface area contributed by atoms with Crippen LogP contribution in [0.3, 0.4) is 0 Å². The zero-order valence-corrected chi connectivity index (χ0v) is 14.7. The predicted molar refractivity (Wildman–Crippen MR) is 92.6 cm³/mol. The minimum Gasteiger partial charge on any atom is -0.494 e. The molecule has 0 atom stereocenters. The highest BCUT2D eigenvalue weighted by molar-refractivity contribution is 7.89. The van der Waals surface area contributed by atoms with E-state index in [1.165, 1.54) is 19.2 Å². The second kappa shape index (κ2) is 8.51. The SMILES string of the molecule is COc1ccc(S(=O)(=O)NCC#CCOc2ccccc2C)cc1F. The van der Waals surface area contributed by atoms with Gasteiger partial charge in [-0.15, -0.1) is 0 Å². The molecule has 2 aromatic carbocycles. The van der Waals surface area contributed by atoms with Crippen molar-refractivity contribution in [1.82, 2.24) is 4.72 Å². The van der Waals surface area contributed by atoms with Gasteiger partial charge >= 0.3 is 0 Å². The summed E-state index contributed by atoms with van der Waals surface area (Å²) in [5, 5.41) is 0. The minimum atomic E-state index is -3.84. The first-order valence-electron chi connectivity index (χ1n) is 7.41. The highest BCUT2D eigenvalue weighted by Crippen LogP contribution is 2.20. The lowest BCUT2D eigenvalue weighted by atomic mass is 10.2. The maximum atomic E-state index is 13.6. The Balaban J connectivity index is 1.89. The van der Waals surface area contributed by atoms with Gasteiger partial charge in [0.05, 0.1) is 18.6 Å². The molecule has 5 nitrogen and oxygen atoms in total. The summed E-state index contributed by atoms with van der Waals surface area (Å²) in [5.74, 6) is 5.34. The number of halogens is 1. The van der Waals surface area contributed by atoms with E-state index in [-0.39, 0.29) is 23.8 Å². The molecule has 0 saturated carbocycles. The van der Waals surface area contributed by atoms with Crippen LogP contribution >= 0.6 is 0 Å². The quantitative estimate of drug-likeness (QED) is 0.801. The van der Waals surface area contributed by atoms with Gasteiger partial charge in [-0.3, -0.25) is 0 Å². The average Bonchev–Trinajstić information content (AvgIpc) is 2.59. The molecule has 7 heteroatoms. The first-order chi connectivity index (χ1) is 11.9. The Labute approximate surface area is 146 Å². The Bertz CT molecular complexity index is 901. The summed E-state index contributed by atoms with van der Waals surface area (Å²) in [6.45, 7) is 1.96. The van der Waals surface area contributed by atoms with Crippen molar-refractivity contribution in [1.29, 1.82) is 0 Å². The maximum Gasteiger partial charge on any atom is 0.241 e. The van der Waals surface area contributed by atoms with Gasteiger partial charge < -0.3 is 9.47 Å².